The molecule has 0 radical (unpaired) electrons. The zero-order valence-electron chi connectivity index (χ0n) is 19.1. The molecule has 36 heavy (non-hydrogen) atoms. The number of benzene rings is 2. The minimum absolute atomic E-state index is 0.0168. The Hall–Kier alpha value is -4.93. The first kappa shape index (κ1) is 24.2. The fourth-order valence-electron chi connectivity index (χ4n) is 3.44. The molecule has 11 nitrogen and oxygen atoms in total. The molecular weight excluding hydrogens is 470 g/mol. The summed E-state index contributed by atoms with van der Waals surface area (Å²) >= 11 is 0. The van der Waals surface area contributed by atoms with Crippen molar-refractivity contribution in [2.45, 2.75) is 20.1 Å². The molecule has 0 spiro atoms. The van der Waals surface area contributed by atoms with Gasteiger partial charge in [-0.1, -0.05) is 6.07 Å². The van der Waals surface area contributed by atoms with Crippen LogP contribution in [0.5, 0.6) is 11.5 Å². The molecule has 184 valence electrons. The first-order valence-corrected chi connectivity index (χ1v) is 10.9. The third-order valence-corrected chi connectivity index (χ3v) is 5.20. The highest BCUT2D eigenvalue weighted by Crippen LogP contribution is 2.31. The summed E-state index contributed by atoms with van der Waals surface area (Å²) < 4.78 is 16.7. The van der Waals surface area contributed by atoms with Crippen molar-refractivity contribution in [1.82, 2.24) is 10.2 Å². The van der Waals surface area contributed by atoms with Crippen molar-refractivity contribution in [2.75, 3.05) is 6.61 Å². The van der Waals surface area contributed by atoms with Crippen LogP contribution in [0.4, 0.5) is 10.5 Å². The van der Waals surface area contributed by atoms with Gasteiger partial charge in [-0.3, -0.25) is 29.9 Å². The summed E-state index contributed by atoms with van der Waals surface area (Å²) in [4.78, 5) is 48.7. The number of carbonyl (C=O) groups excluding carboxylic acids is 3. The topological polar surface area (TPSA) is 141 Å². The van der Waals surface area contributed by atoms with Gasteiger partial charge in [0, 0.05) is 12.1 Å². The predicted molar refractivity (Wildman–Crippen MR) is 126 cm³/mol. The van der Waals surface area contributed by atoms with Gasteiger partial charge < -0.3 is 13.9 Å². The lowest BCUT2D eigenvalue weighted by molar-refractivity contribution is -0.384. The maximum Gasteiger partial charge on any atom is 0.331 e. The van der Waals surface area contributed by atoms with E-state index in [1.165, 1.54) is 24.5 Å². The van der Waals surface area contributed by atoms with Crippen LogP contribution in [0.1, 0.15) is 23.8 Å². The van der Waals surface area contributed by atoms with E-state index >= 15 is 0 Å². The maximum atomic E-state index is 12.9. The van der Waals surface area contributed by atoms with E-state index in [0.717, 1.165) is 10.5 Å². The van der Waals surface area contributed by atoms with Crippen molar-refractivity contribution in [3.05, 3.63) is 93.4 Å². The molecule has 1 N–H and O–H groups in total. The SMILES string of the molecule is CCOc1cc(C=C2C(=O)NC(=O)N(Cc3ccco3)C2=O)ccc1OCc1ccc([N+](=O)[O-])cc1. The van der Waals surface area contributed by atoms with Gasteiger partial charge >= 0.3 is 6.03 Å². The summed E-state index contributed by atoms with van der Waals surface area (Å²) in [6.45, 7) is 2.14. The minimum atomic E-state index is -0.830. The highest BCUT2D eigenvalue weighted by molar-refractivity contribution is 6.30. The average molecular weight is 491 g/mol. The fraction of sp³-hybridized carbons (Fsp3) is 0.160. The van der Waals surface area contributed by atoms with Crippen LogP contribution in [-0.4, -0.2) is 34.3 Å². The number of furan rings is 1. The molecule has 2 heterocycles. The molecule has 1 aliphatic rings. The van der Waals surface area contributed by atoms with Crippen molar-refractivity contribution in [1.29, 1.82) is 0 Å². The Morgan fingerprint density at radius 2 is 1.83 bits per heavy atom. The van der Waals surface area contributed by atoms with Crippen molar-refractivity contribution < 1.29 is 33.2 Å². The number of hydrogen-bond acceptors (Lipinski definition) is 8. The van der Waals surface area contributed by atoms with Crippen LogP contribution < -0.4 is 14.8 Å². The first-order valence-electron chi connectivity index (χ1n) is 10.9. The number of non-ortho nitro benzene ring substituents is 1. The van der Waals surface area contributed by atoms with E-state index in [0.29, 0.717) is 29.4 Å². The van der Waals surface area contributed by atoms with E-state index in [1.54, 1.807) is 49.4 Å². The van der Waals surface area contributed by atoms with Gasteiger partial charge in [0.25, 0.3) is 17.5 Å². The number of amides is 4. The molecule has 0 atom stereocenters. The van der Waals surface area contributed by atoms with Crippen molar-refractivity contribution in [3.8, 4) is 11.5 Å². The van der Waals surface area contributed by atoms with Crippen molar-refractivity contribution in [3.63, 3.8) is 0 Å². The Balaban J connectivity index is 1.54. The zero-order chi connectivity index (χ0) is 25.7. The maximum absolute atomic E-state index is 12.9. The Bertz CT molecular complexity index is 1330. The number of hydrogen-bond donors (Lipinski definition) is 1. The third kappa shape index (κ3) is 5.41. The van der Waals surface area contributed by atoms with Crippen LogP contribution in [0.15, 0.2) is 70.9 Å². The molecule has 1 aliphatic heterocycles. The molecule has 1 fully saturated rings. The number of nitrogens with one attached hydrogen (secondary N) is 1. The van der Waals surface area contributed by atoms with Crippen LogP contribution >= 0.6 is 0 Å². The monoisotopic (exact) mass is 491 g/mol. The van der Waals surface area contributed by atoms with Gasteiger partial charge in [0.1, 0.15) is 17.9 Å². The highest BCUT2D eigenvalue weighted by Gasteiger charge is 2.36. The number of carbonyl (C=O) groups is 3. The average Bonchev–Trinajstić information content (AvgIpc) is 3.38. The number of nitrogens with zero attached hydrogens (tertiary/aromatic N) is 2. The number of barbiturate groups is 1. The molecule has 4 amide bonds. The van der Waals surface area contributed by atoms with E-state index < -0.39 is 22.8 Å². The Morgan fingerprint density at radius 3 is 2.50 bits per heavy atom. The number of imide groups is 2. The highest BCUT2D eigenvalue weighted by atomic mass is 16.6. The predicted octanol–water partition coefficient (Wildman–Crippen LogP) is 3.83. The van der Waals surface area contributed by atoms with E-state index in [4.69, 9.17) is 13.9 Å². The fourth-order valence-corrected chi connectivity index (χ4v) is 3.44. The van der Waals surface area contributed by atoms with E-state index in [-0.39, 0.29) is 24.4 Å². The van der Waals surface area contributed by atoms with Gasteiger partial charge in [-0.25, -0.2) is 4.79 Å². The van der Waals surface area contributed by atoms with E-state index in [2.05, 4.69) is 5.32 Å². The molecule has 0 unspecified atom stereocenters. The number of nitro groups is 1. The summed E-state index contributed by atoms with van der Waals surface area (Å²) in [5.74, 6) is -0.388. The molecule has 1 aromatic heterocycles. The normalized spacial score (nSPS) is 14.6. The minimum Gasteiger partial charge on any atom is -0.490 e. The summed E-state index contributed by atoms with van der Waals surface area (Å²) in [5.41, 5.74) is 0.965. The number of nitro benzene ring substituents is 1. The van der Waals surface area contributed by atoms with Gasteiger partial charge in [-0.05, 0) is 60.5 Å². The lowest BCUT2D eigenvalue weighted by atomic mass is 10.1. The van der Waals surface area contributed by atoms with Crippen molar-refractivity contribution in [2.24, 2.45) is 0 Å². The second-order valence-electron chi connectivity index (χ2n) is 7.64. The third-order valence-electron chi connectivity index (χ3n) is 5.20. The van der Waals surface area contributed by atoms with Crippen LogP contribution in [0.3, 0.4) is 0 Å². The lowest BCUT2D eigenvalue weighted by Crippen LogP contribution is -2.53. The first-order chi connectivity index (χ1) is 17.4. The largest absolute Gasteiger partial charge is 0.490 e. The van der Waals surface area contributed by atoms with Crippen LogP contribution in [0.2, 0.25) is 0 Å². The molecule has 3 aromatic rings. The van der Waals surface area contributed by atoms with E-state index in [1.807, 2.05) is 0 Å². The molecule has 2 aromatic carbocycles. The van der Waals surface area contributed by atoms with Crippen molar-refractivity contribution >= 4 is 29.6 Å². The van der Waals surface area contributed by atoms with Gasteiger partial charge in [0.15, 0.2) is 11.5 Å². The summed E-state index contributed by atoms with van der Waals surface area (Å²) in [6, 6.07) is 13.3. The van der Waals surface area contributed by atoms with Gasteiger partial charge in [-0.15, -0.1) is 0 Å². The number of ether oxygens (including phenoxy) is 2. The molecule has 4 rings (SSSR count). The van der Waals surface area contributed by atoms with Gasteiger partial charge in [-0.2, -0.15) is 0 Å². The quantitative estimate of drug-likeness (QED) is 0.206. The van der Waals surface area contributed by atoms with Gasteiger partial charge in [0.2, 0.25) is 0 Å². The number of rotatable bonds is 9. The van der Waals surface area contributed by atoms with Crippen LogP contribution in [0, 0.1) is 10.1 Å². The van der Waals surface area contributed by atoms with Crippen LogP contribution in [-0.2, 0) is 22.7 Å². The smallest absolute Gasteiger partial charge is 0.331 e. The Kier molecular flexibility index (Phi) is 7.10. The Labute approximate surface area is 205 Å². The summed E-state index contributed by atoms with van der Waals surface area (Å²) in [5, 5.41) is 13.0. The van der Waals surface area contributed by atoms with Crippen LogP contribution in [0.25, 0.3) is 6.08 Å². The second-order valence-corrected chi connectivity index (χ2v) is 7.64. The zero-order valence-corrected chi connectivity index (χ0v) is 19.1. The summed E-state index contributed by atoms with van der Waals surface area (Å²) in [6.07, 6.45) is 2.78. The molecule has 0 aliphatic carbocycles. The molecule has 0 bridgehead atoms. The lowest BCUT2D eigenvalue weighted by Gasteiger charge is -2.25. The molecule has 0 saturated carbocycles. The summed E-state index contributed by atoms with van der Waals surface area (Å²) in [7, 11) is 0. The standard InChI is InChI=1S/C25H21N3O8/c1-2-34-22-13-17(7-10-21(22)36-15-16-5-8-18(9-6-16)28(32)33)12-20-23(29)26-25(31)27(24(20)30)14-19-4-3-11-35-19/h3-13H,2,14-15H2,1H3,(H,26,29,31). The molecule has 11 heteroatoms. The Morgan fingerprint density at radius 1 is 1.06 bits per heavy atom. The van der Waals surface area contributed by atoms with E-state index in [9.17, 15) is 24.5 Å². The second kappa shape index (κ2) is 10.6. The van der Waals surface area contributed by atoms with Gasteiger partial charge in [0.05, 0.1) is 24.3 Å². The molecule has 1 saturated heterocycles. The molecular formula is C25H21N3O8. The number of urea groups is 1.